The third-order valence-corrected chi connectivity index (χ3v) is 9.98. The fourth-order valence-corrected chi connectivity index (χ4v) is 7.41. The lowest BCUT2D eigenvalue weighted by atomic mass is 10.0. The van der Waals surface area contributed by atoms with Gasteiger partial charge in [-0.2, -0.15) is 4.31 Å². The zero-order chi connectivity index (χ0) is 26.9. The highest BCUT2D eigenvalue weighted by Gasteiger charge is 2.29. The molecule has 0 spiro atoms. The van der Waals surface area contributed by atoms with Crippen molar-refractivity contribution in [3.8, 4) is 5.75 Å². The van der Waals surface area contributed by atoms with E-state index in [9.17, 15) is 13.2 Å². The largest absolute Gasteiger partial charge is 0.494 e. The van der Waals surface area contributed by atoms with E-state index in [0.29, 0.717) is 50.7 Å². The Bertz CT molecular complexity index is 1560. The van der Waals surface area contributed by atoms with Crippen molar-refractivity contribution in [1.29, 1.82) is 0 Å². The van der Waals surface area contributed by atoms with Gasteiger partial charge in [-0.05, 0) is 66.8 Å². The number of halogens is 1. The molecule has 2 aromatic carbocycles. The second-order valence-corrected chi connectivity index (χ2v) is 12.6. The first-order valence-corrected chi connectivity index (χ1v) is 14.9. The van der Waals surface area contributed by atoms with E-state index in [0.717, 1.165) is 18.4 Å². The molecule has 0 N–H and O–H groups in total. The minimum atomic E-state index is -3.63. The SMILES string of the molecule is COc1ccc(Cl)c2sc(N(Cc3cccnc3)C(=O)c3ccc(S(=O)(=O)N4CCCC(C)C4)cc3)nc12. The summed E-state index contributed by atoms with van der Waals surface area (Å²) < 4.78 is 34.1. The van der Waals surface area contributed by atoms with Crippen molar-refractivity contribution in [1.82, 2.24) is 14.3 Å². The van der Waals surface area contributed by atoms with Crippen LogP contribution < -0.4 is 9.64 Å². The van der Waals surface area contributed by atoms with Crippen molar-refractivity contribution in [3.05, 3.63) is 77.1 Å². The number of benzene rings is 2. The topological polar surface area (TPSA) is 92.7 Å². The molecule has 0 aliphatic carbocycles. The highest BCUT2D eigenvalue weighted by molar-refractivity contribution is 7.89. The van der Waals surface area contributed by atoms with Gasteiger partial charge in [0.2, 0.25) is 10.0 Å². The number of ether oxygens (including phenoxy) is 1. The van der Waals surface area contributed by atoms with Gasteiger partial charge in [-0.15, -0.1) is 0 Å². The van der Waals surface area contributed by atoms with Gasteiger partial charge in [-0.3, -0.25) is 14.7 Å². The lowest BCUT2D eigenvalue weighted by molar-refractivity contribution is 0.0985. The molecule has 1 aliphatic rings. The fourth-order valence-electron chi connectivity index (χ4n) is 4.56. The lowest BCUT2D eigenvalue weighted by Crippen LogP contribution is -2.39. The number of hydrogen-bond acceptors (Lipinski definition) is 7. The normalized spacial score (nSPS) is 16.4. The molecule has 1 amide bonds. The smallest absolute Gasteiger partial charge is 0.260 e. The highest BCUT2D eigenvalue weighted by atomic mass is 35.5. The molecule has 1 saturated heterocycles. The van der Waals surface area contributed by atoms with Gasteiger partial charge in [0.05, 0.1) is 28.3 Å². The maximum atomic E-state index is 13.8. The summed E-state index contributed by atoms with van der Waals surface area (Å²) >= 11 is 7.72. The first-order valence-electron chi connectivity index (χ1n) is 12.2. The molecular weight excluding hydrogens is 544 g/mol. The number of amides is 1. The monoisotopic (exact) mass is 570 g/mol. The van der Waals surface area contributed by atoms with Gasteiger partial charge in [-0.25, -0.2) is 13.4 Å². The van der Waals surface area contributed by atoms with Crippen LogP contribution in [0.1, 0.15) is 35.7 Å². The number of piperidine rings is 1. The van der Waals surface area contributed by atoms with Crippen LogP contribution in [0.25, 0.3) is 10.2 Å². The molecule has 11 heteroatoms. The Morgan fingerprint density at radius 2 is 2.00 bits per heavy atom. The van der Waals surface area contributed by atoms with E-state index in [2.05, 4.69) is 11.9 Å². The maximum Gasteiger partial charge on any atom is 0.260 e. The number of aromatic nitrogens is 2. The highest BCUT2D eigenvalue weighted by Crippen LogP contribution is 2.39. The maximum absolute atomic E-state index is 13.8. The third-order valence-electron chi connectivity index (χ3n) is 6.57. The average Bonchev–Trinajstić information content (AvgIpc) is 3.38. The Morgan fingerprint density at radius 3 is 2.68 bits per heavy atom. The number of fused-ring (bicyclic) bond motifs is 1. The molecule has 1 unspecified atom stereocenters. The number of thiazole rings is 1. The van der Waals surface area contributed by atoms with E-state index < -0.39 is 10.0 Å². The molecule has 198 valence electrons. The second kappa shape index (κ2) is 11.0. The van der Waals surface area contributed by atoms with E-state index in [-0.39, 0.29) is 17.3 Å². The summed E-state index contributed by atoms with van der Waals surface area (Å²) in [6.45, 7) is 3.30. The predicted octanol–water partition coefficient (Wildman–Crippen LogP) is 5.62. The van der Waals surface area contributed by atoms with Gasteiger partial charge in [-0.1, -0.05) is 35.9 Å². The molecular formula is C27H27ClN4O4S2. The molecule has 3 heterocycles. The fraction of sp³-hybridized carbons (Fsp3) is 0.296. The number of rotatable bonds is 7. The summed E-state index contributed by atoms with van der Waals surface area (Å²) in [7, 11) is -2.07. The summed E-state index contributed by atoms with van der Waals surface area (Å²) in [5.74, 6) is 0.558. The average molecular weight is 571 g/mol. The standard InChI is InChI=1S/C27H27ClN4O4S2/c1-18-5-4-14-31(16-18)38(34,35)21-9-7-20(8-10-21)26(33)32(17-19-6-3-13-29-15-19)27-30-24-23(36-2)12-11-22(28)25(24)37-27/h3,6-13,15,18H,4-5,14,16-17H2,1-2H3. The van der Waals surface area contributed by atoms with Crippen LogP contribution >= 0.6 is 22.9 Å². The number of sulfonamides is 1. The molecule has 1 aliphatic heterocycles. The summed E-state index contributed by atoms with van der Waals surface area (Å²) in [4.78, 5) is 24.4. The Kier molecular flexibility index (Phi) is 7.67. The second-order valence-electron chi connectivity index (χ2n) is 9.31. The van der Waals surface area contributed by atoms with Crippen LogP contribution in [0.3, 0.4) is 0 Å². The van der Waals surface area contributed by atoms with Crippen molar-refractivity contribution in [2.75, 3.05) is 25.1 Å². The van der Waals surface area contributed by atoms with Crippen LogP contribution in [0.4, 0.5) is 5.13 Å². The molecule has 4 aromatic rings. The molecule has 0 bridgehead atoms. The van der Waals surface area contributed by atoms with Crippen LogP contribution in [-0.4, -0.2) is 48.8 Å². The Balaban J connectivity index is 1.49. The first-order chi connectivity index (χ1) is 18.3. The Hall–Kier alpha value is -3.05. The zero-order valence-electron chi connectivity index (χ0n) is 21.0. The van der Waals surface area contributed by atoms with Crippen LogP contribution in [0.5, 0.6) is 5.75 Å². The number of hydrogen-bond donors (Lipinski definition) is 0. The molecule has 5 rings (SSSR count). The minimum absolute atomic E-state index is 0.179. The van der Waals surface area contributed by atoms with Gasteiger partial charge in [0.25, 0.3) is 5.91 Å². The zero-order valence-corrected chi connectivity index (χ0v) is 23.4. The molecule has 8 nitrogen and oxygen atoms in total. The van der Waals surface area contributed by atoms with Crippen LogP contribution in [0, 0.1) is 5.92 Å². The molecule has 2 aromatic heterocycles. The van der Waals surface area contributed by atoms with Gasteiger partial charge >= 0.3 is 0 Å². The number of methoxy groups -OCH3 is 1. The number of nitrogens with zero attached hydrogens (tertiary/aromatic N) is 4. The minimum Gasteiger partial charge on any atom is -0.494 e. The van der Waals surface area contributed by atoms with Crippen molar-refractivity contribution in [2.45, 2.75) is 31.2 Å². The molecule has 0 saturated carbocycles. The number of anilines is 1. The third kappa shape index (κ3) is 5.26. The van der Waals surface area contributed by atoms with E-state index >= 15 is 0 Å². The number of pyridine rings is 1. The van der Waals surface area contributed by atoms with E-state index in [4.69, 9.17) is 21.3 Å². The summed E-state index contributed by atoms with van der Waals surface area (Å²) in [6.07, 6.45) is 5.23. The van der Waals surface area contributed by atoms with Crippen molar-refractivity contribution in [3.63, 3.8) is 0 Å². The molecule has 38 heavy (non-hydrogen) atoms. The summed E-state index contributed by atoms with van der Waals surface area (Å²) in [6, 6.07) is 13.3. The van der Waals surface area contributed by atoms with Crippen molar-refractivity contribution >= 4 is 54.2 Å². The Morgan fingerprint density at radius 1 is 1.21 bits per heavy atom. The van der Waals surface area contributed by atoms with Gasteiger partial charge in [0, 0.05) is 31.0 Å². The molecule has 1 atom stereocenters. The predicted molar refractivity (Wildman–Crippen MR) is 150 cm³/mol. The van der Waals surface area contributed by atoms with Crippen molar-refractivity contribution < 1.29 is 17.9 Å². The van der Waals surface area contributed by atoms with Gasteiger partial charge in [0.15, 0.2) is 5.13 Å². The summed E-state index contributed by atoms with van der Waals surface area (Å²) in [5, 5.41) is 0.958. The van der Waals surface area contributed by atoms with Crippen LogP contribution in [0.2, 0.25) is 5.02 Å². The first kappa shape index (κ1) is 26.6. The summed E-state index contributed by atoms with van der Waals surface area (Å²) in [5.41, 5.74) is 1.73. The van der Waals surface area contributed by atoms with Gasteiger partial charge in [0.1, 0.15) is 11.3 Å². The number of carbonyl (C=O) groups excluding carboxylic acids is 1. The van der Waals surface area contributed by atoms with Crippen LogP contribution in [0.15, 0.2) is 65.8 Å². The van der Waals surface area contributed by atoms with Crippen molar-refractivity contribution in [2.24, 2.45) is 5.92 Å². The van der Waals surface area contributed by atoms with E-state index in [1.54, 1.807) is 54.7 Å². The molecule has 0 radical (unpaired) electrons. The van der Waals surface area contributed by atoms with E-state index in [1.807, 2.05) is 6.07 Å². The van der Waals surface area contributed by atoms with Gasteiger partial charge < -0.3 is 4.74 Å². The number of carbonyl (C=O) groups is 1. The quantitative estimate of drug-likeness (QED) is 0.286. The lowest BCUT2D eigenvalue weighted by Gasteiger charge is -2.30. The molecule has 1 fully saturated rings. The van der Waals surface area contributed by atoms with E-state index in [1.165, 1.54) is 27.8 Å². The van der Waals surface area contributed by atoms with Crippen LogP contribution in [-0.2, 0) is 16.6 Å². The Labute approximate surface area is 230 Å².